The normalized spacial score (nSPS) is 17.0. The summed E-state index contributed by atoms with van der Waals surface area (Å²) in [5, 5.41) is 6.37. The number of hydrogen-bond donors (Lipinski definition) is 2. The molecule has 1 unspecified atom stereocenters. The molecule has 3 aromatic rings. The van der Waals surface area contributed by atoms with Gasteiger partial charge in [0, 0.05) is 31.2 Å². The first-order chi connectivity index (χ1) is 14.3. The lowest BCUT2D eigenvalue weighted by atomic mass is 10.2. The average molecular weight is 434 g/mol. The summed E-state index contributed by atoms with van der Waals surface area (Å²) < 4.78 is 38.5. The summed E-state index contributed by atoms with van der Waals surface area (Å²) in [6.45, 7) is 3.07. The Morgan fingerprint density at radius 1 is 1.27 bits per heavy atom. The van der Waals surface area contributed by atoms with Crippen LogP contribution in [-0.4, -0.2) is 40.0 Å². The number of halogens is 3. The van der Waals surface area contributed by atoms with E-state index in [-0.39, 0.29) is 17.9 Å². The molecule has 30 heavy (non-hydrogen) atoms. The van der Waals surface area contributed by atoms with Gasteiger partial charge in [0.25, 0.3) is 0 Å². The molecule has 11 heteroatoms. The molecule has 2 aromatic heterocycles. The van der Waals surface area contributed by atoms with Crippen molar-refractivity contribution in [2.45, 2.75) is 19.1 Å². The highest BCUT2D eigenvalue weighted by Gasteiger charge is 2.32. The van der Waals surface area contributed by atoms with Crippen molar-refractivity contribution in [2.75, 3.05) is 23.3 Å². The van der Waals surface area contributed by atoms with E-state index in [1.807, 2.05) is 17.9 Å². The van der Waals surface area contributed by atoms with Gasteiger partial charge in [-0.05, 0) is 30.7 Å². The van der Waals surface area contributed by atoms with E-state index >= 15 is 0 Å². The fourth-order valence-corrected chi connectivity index (χ4v) is 4.05. The van der Waals surface area contributed by atoms with Crippen molar-refractivity contribution in [3.8, 4) is 10.4 Å². The molecular weight excluding hydrogens is 417 g/mol. The maximum atomic E-state index is 12.8. The Balaban J connectivity index is 1.55. The molecule has 1 amide bonds. The van der Waals surface area contributed by atoms with Crippen LogP contribution in [0, 0.1) is 0 Å². The number of thiazole rings is 1. The first-order valence-corrected chi connectivity index (χ1v) is 9.91. The molecule has 2 N–H and O–H groups in total. The van der Waals surface area contributed by atoms with Gasteiger partial charge in [-0.1, -0.05) is 23.5 Å². The van der Waals surface area contributed by atoms with Crippen LogP contribution in [0.15, 0.2) is 42.7 Å². The van der Waals surface area contributed by atoms with Crippen LogP contribution in [0.5, 0.6) is 0 Å². The second-order valence-corrected chi connectivity index (χ2v) is 7.65. The number of alkyl halides is 3. The van der Waals surface area contributed by atoms with Crippen molar-refractivity contribution in [3.63, 3.8) is 0 Å². The maximum Gasteiger partial charge on any atom is 0.433 e. The van der Waals surface area contributed by atoms with Crippen molar-refractivity contribution in [3.05, 3.63) is 48.4 Å². The lowest BCUT2D eigenvalue weighted by Crippen LogP contribution is -2.54. The molecule has 0 spiro atoms. The number of benzene rings is 1. The maximum absolute atomic E-state index is 12.8. The Kier molecular flexibility index (Phi) is 5.29. The molecule has 7 nitrogen and oxygen atoms in total. The van der Waals surface area contributed by atoms with Crippen LogP contribution in [0.4, 0.5) is 29.9 Å². The Hall–Kier alpha value is -3.21. The molecule has 156 valence electrons. The number of rotatable bonds is 4. The Labute approximate surface area is 174 Å². The molecule has 1 aliphatic rings. The van der Waals surface area contributed by atoms with Crippen molar-refractivity contribution in [1.82, 2.24) is 20.3 Å². The third-order valence-corrected chi connectivity index (χ3v) is 5.67. The van der Waals surface area contributed by atoms with Crippen molar-refractivity contribution >= 4 is 34.0 Å². The summed E-state index contributed by atoms with van der Waals surface area (Å²) >= 11 is 1.45. The summed E-state index contributed by atoms with van der Waals surface area (Å²) in [7, 11) is 0. The van der Waals surface area contributed by atoms with Crippen LogP contribution in [0.25, 0.3) is 10.4 Å². The SMILES string of the molecule is CC1C(=O)NCCN1c1ncc(-c2cccc(Nc3nccc(C(F)(F)F)n3)c2)s1. The summed E-state index contributed by atoms with van der Waals surface area (Å²) in [6.07, 6.45) is -1.75. The van der Waals surface area contributed by atoms with E-state index in [2.05, 4.69) is 25.6 Å². The number of carbonyl (C=O) groups excluding carboxylic acids is 1. The van der Waals surface area contributed by atoms with Crippen LogP contribution in [0.2, 0.25) is 0 Å². The van der Waals surface area contributed by atoms with Crippen LogP contribution < -0.4 is 15.5 Å². The standard InChI is InChI=1S/C19H17F3N6OS/c1-11-16(29)23-7-8-28(11)18-25-10-14(30-18)12-3-2-4-13(9-12)26-17-24-6-5-15(27-17)19(20,21)22/h2-6,9-11H,7-8H2,1H3,(H,23,29)(H,24,26,27). The summed E-state index contributed by atoms with van der Waals surface area (Å²) in [5.74, 6) is -0.176. The van der Waals surface area contributed by atoms with E-state index in [9.17, 15) is 18.0 Å². The number of nitrogens with one attached hydrogen (secondary N) is 2. The molecule has 0 radical (unpaired) electrons. The van der Waals surface area contributed by atoms with E-state index in [0.717, 1.165) is 27.8 Å². The van der Waals surface area contributed by atoms with Gasteiger partial charge in [-0.2, -0.15) is 13.2 Å². The minimum Gasteiger partial charge on any atom is -0.353 e. The monoisotopic (exact) mass is 434 g/mol. The summed E-state index contributed by atoms with van der Waals surface area (Å²) in [6, 6.07) is 7.68. The second-order valence-electron chi connectivity index (χ2n) is 6.64. The molecule has 3 heterocycles. The average Bonchev–Trinajstić information content (AvgIpc) is 3.20. The fraction of sp³-hybridized carbons (Fsp3) is 0.263. The molecule has 1 saturated heterocycles. The number of hydrogen-bond acceptors (Lipinski definition) is 7. The van der Waals surface area contributed by atoms with Gasteiger partial charge < -0.3 is 15.5 Å². The summed E-state index contributed by atoms with van der Waals surface area (Å²) in [5.41, 5.74) is 0.375. The van der Waals surface area contributed by atoms with Gasteiger partial charge >= 0.3 is 6.18 Å². The number of anilines is 3. The predicted octanol–water partition coefficient (Wildman–Crippen LogP) is 3.69. The lowest BCUT2D eigenvalue weighted by Gasteiger charge is -2.32. The topological polar surface area (TPSA) is 83.0 Å². The highest BCUT2D eigenvalue weighted by atomic mass is 32.1. The van der Waals surface area contributed by atoms with Crippen LogP contribution >= 0.6 is 11.3 Å². The molecule has 0 saturated carbocycles. The van der Waals surface area contributed by atoms with E-state index < -0.39 is 11.9 Å². The number of carbonyl (C=O) groups is 1. The van der Waals surface area contributed by atoms with Crippen LogP contribution in [-0.2, 0) is 11.0 Å². The van der Waals surface area contributed by atoms with Gasteiger partial charge in [-0.15, -0.1) is 0 Å². The molecule has 0 aliphatic carbocycles. The summed E-state index contributed by atoms with van der Waals surface area (Å²) in [4.78, 5) is 26.5. The minimum atomic E-state index is -4.54. The van der Waals surface area contributed by atoms with E-state index in [1.54, 1.807) is 24.4 Å². The largest absolute Gasteiger partial charge is 0.433 e. The van der Waals surface area contributed by atoms with E-state index in [1.165, 1.54) is 11.3 Å². The molecule has 4 rings (SSSR count). The number of nitrogens with zero attached hydrogens (tertiary/aromatic N) is 4. The van der Waals surface area contributed by atoms with Crippen molar-refractivity contribution in [1.29, 1.82) is 0 Å². The zero-order chi connectivity index (χ0) is 21.3. The fourth-order valence-electron chi connectivity index (χ4n) is 3.03. The van der Waals surface area contributed by atoms with E-state index in [4.69, 9.17) is 0 Å². The molecule has 1 aliphatic heterocycles. The highest BCUT2D eigenvalue weighted by molar-refractivity contribution is 7.18. The van der Waals surface area contributed by atoms with Crippen LogP contribution in [0.1, 0.15) is 12.6 Å². The lowest BCUT2D eigenvalue weighted by molar-refractivity contribution is -0.141. The number of amides is 1. The number of aromatic nitrogens is 3. The van der Waals surface area contributed by atoms with Gasteiger partial charge in [0.1, 0.15) is 11.7 Å². The first kappa shape index (κ1) is 20.1. The molecule has 0 bridgehead atoms. The van der Waals surface area contributed by atoms with E-state index in [0.29, 0.717) is 18.8 Å². The number of piperazine rings is 1. The predicted molar refractivity (Wildman–Crippen MR) is 108 cm³/mol. The third-order valence-electron chi connectivity index (χ3n) is 4.59. The third kappa shape index (κ3) is 4.20. The smallest absolute Gasteiger partial charge is 0.353 e. The quantitative estimate of drug-likeness (QED) is 0.652. The van der Waals surface area contributed by atoms with Gasteiger partial charge in [0.05, 0.1) is 4.88 Å². The van der Waals surface area contributed by atoms with Gasteiger partial charge in [-0.3, -0.25) is 4.79 Å². The molecule has 1 aromatic carbocycles. The Morgan fingerprint density at radius 2 is 2.10 bits per heavy atom. The Bertz CT molecular complexity index is 1070. The highest BCUT2D eigenvalue weighted by Crippen LogP contribution is 2.34. The van der Waals surface area contributed by atoms with Crippen molar-refractivity contribution in [2.24, 2.45) is 0 Å². The minimum absolute atomic E-state index is 0.0368. The first-order valence-electron chi connectivity index (χ1n) is 9.09. The molecular formula is C19H17F3N6OS. The second kappa shape index (κ2) is 7.90. The van der Waals surface area contributed by atoms with Gasteiger partial charge in [0.15, 0.2) is 5.13 Å². The molecule has 1 fully saturated rings. The zero-order valence-electron chi connectivity index (χ0n) is 15.8. The molecule has 1 atom stereocenters. The van der Waals surface area contributed by atoms with Crippen molar-refractivity contribution < 1.29 is 18.0 Å². The van der Waals surface area contributed by atoms with Gasteiger partial charge in [0.2, 0.25) is 11.9 Å². The van der Waals surface area contributed by atoms with Crippen LogP contribution in [0.3, 0.4) is 0 Å². The zero-order valence-corrected chi connectivity index (χ0v) is 16.6. The van der Waals surface area contributed by atoms with Gasteiger partial charge in [-0.25, -0.2) is 15.0 Å². The Morgan fingerprint density at radius 3 is 2.90 bits per heavy atom.